The van der Waals surface area contributed by atoms with Crippen molar-refractivity contribution in [3.63, 3.8) is 0 Å². The van der Waals surface area contributed by atoms with E-state index in [2.05, 4.69) is 20.4 Å². The zero-order chi connectivity index (χ0) is 12.4. The van der Waals surface area contributed by atoms with Gasteiger partial charge >= 0.3 is 0 Å². The van der Waals surface area contributed by atoms with Gasteiger partial charge in [-0.2, -0.15) is 4.98 Å². The lowest BCUT2D eigenvalue weighted by Gasteiger charge is -2.18. The topological polar surface area (TPSA) is 63.8 Å². The zero-order valence-electron chi connectivity index (χ0n) is 10.4. The number of pyridine rings is 1. The smallest absolute Gasteiger partial charge is 0.230 e. The van der Waals surface area contributed by atoms with E-state index in [0.717, 1.165) is 42.9 Å². The van der Waals surface area contributed by atoms with Gasteiger partial charge in [-0.1, -0.05) is 5.16 Å². The van der Waals surface area contributed by atoms with Crippen molar-refractivity contribution in [1.29, 1.82) is 0 Å². The maximum atomic E-state index is 5.40. The van der Waals surface area contributed by atoms with Crippen LogP contribution in [0, 0.1) is 6.92 Å². The SMILES string of the molecule is Cc1ccncc1-c1noc(C2CCNCC2)n1. The molecule has 0 bridgehead atoms. The average molecular weight is 244 g/mol. The fourth-order valence-electron chi connectivity index (χ4n) is 2.28. The van der Waals surface area contributed by atoms with E-state index in [1.165, 1.54) is 0 Å². The molecule has 3 rings (SSSR count). The minimum Gasteiger partial charge on any atom is -0.339 e. The van der Waals surface area contributed by atoms with Gasteiger partial charge in [0, 0.05) is 23.9 Å². The molecule has 1 aliphatic heterocycles. The molecular formula is C13H16N4O. The Morgan fingerprint density at radius 1 is 1.33 bits per heavy atom. The van der Waals surface area contributed by atoms with Crippen molar-refractivity contribution >= 4 is 0 Å². The summed E-state index contributed by atoms with van der Waals surface area (Å²) < 4.78 is 5.40. The molecule has 0 atom stereocenters. The van der Waals surface area contributed by atoms with Crippen LogP contribution in [-0.2, 0) is 0 Å². The molecule has 5 nitrogen and oxygen atoms in total. The summed E-state index contributed by atoms with van der Waals surface area (Å²) >= 11 is 0. The van der Waals surface area contributed by atoms with Gasteiger partial charge in [0.25, 0.3) is 0 Å². The first-order chi connectivity index (χ1) is 8.84. The maximum Gasteiger partial charge on any atom is 0.230 e. The quantitative estimate of drug-likeness (QED) is 0.874. The van der Waals surface area contributed by atoms with Crippen LogP contribution < -0.4 is 5.32 Å². The summed E-state index contributed by atoms with van der Waals surface area (Å²) in [5.74, 6) is 1.80. The highest BCUT2D eigenvalue weighted by Gasteiger charge is 2.22. The van der Waals surface area contributed by atoms with Crippen LogP contribution in [0.25, 0.3) is 11.4 Å². The molecular weight excluding hydrogens is 228 g/mol. The number of piperidine rings is 1. The number of aryl methyl sites for hydroxylation is 1. The molecule has 1 saturated heterocycles. The van der Waals surface area contributed by atoms with Crippen LogP contribution in [0.1, 0.15) is 30.2 Å². The minimum absolute atomic E-state index is 0.393. The monoisotopic (exact) mass is 244 g/mol. The Morgan fingerprint density at radius 3 is 2.94 bits per heavy atom. The number of nitrogens with one attached hydrogen (secondary N) is 1. The van der Waals surface area contributed by atoms with E-state index in [9.17, 15) is 0 Å². The van der Waals surface area contributed by atoms with Gasteiger partial charge in [0.15, 0.2) is 0 Å². The molecule has 0 aromatic carbocycles. The highest BCUT2D eigenvalue weighted by molar-refractivity contribution is 5.57. The van der Waals surface area contributed by atoms with Crippen LogP contribution in [0.3, 0.4) is 0 Å². The van der Waals surface area contributed by atoms with Crippen molar-refractivity contribution in [3.8, 4) is 11.4 Å². The molecule has 94 valence electrons. The van der Waals surface area contributed by atoms with Crippen molar-refractivity contribution in [1.82, 2.24) is 20.4 Å². The lowest BCUT2D eigenvalue weighted by atomic mass is 9.98. The van der Waals surface area contributed by atoms with E-state index in [1.54, 1.807) is 12.4 Å². The Bertz CT molecular complexity index is 531. The molecule has 0 saturated carbocycles. The fourth-order valence-corrected chi connectivity index (χ4v) is 2.28. The third-order valence-corrected chi connectivity index (χ3v) is 3.41. The van der Waals surface area contributed by atoms with Gasteiger partial charge in [0.1, 0.15) is 0 Å². The Kier molecular flexibility index (Phi) is 3.06. The van der Waals surface area contributed by atoms with Crippen LogP contribution in [0.2, 0.25) is 0 Å². The van der Waals surface area contributed by atoms with Crippen molar-refractivity contribution in [2.45, 2.75) is 25.7 Å². The highest BCUT2D eigenvalue weighted by Crippen LogP contribution is 2.26. The Labute approximate surface area is 106 Å². The van der Waals surface area contributed by atoms with E-state index < -0.39 is 0 Å². The summed E-state index contributed by atoms with van der Waals surface area (Å²) in [5.41, 5.74) is 2.06. The third kappa shape index (κ3) is 2.13. The molecule has 3 heterocycles. The molecule has 2 aromatic heterocycles. The minimum atomic E-state index is 0.393. The van der Waals surface area contributed by atoms with E-state index in [-0.39, 0.29) is 0 Å². The van der Waals surface area contributed by atoms with Gasteiger partial charge in [0.2, 0.25) is 11.7 Å². The standard InChI is InChI=1S/C13H16N4O/c1-9-2-5-15-8-11(9)12-16-13(18-17-12)10-3-6-14-7-4-10/h2,5,8,10,14H,3-4,6-7H2,1H3. The molecule has 2 aromatic rings. The first kappa shape index (κ1) is 11.3. The zero-order valence-corrected chi connectivity index (χ0v) is 10.4. The maximum absolute atomic E-state index is 5.40. The van der Waals surface area contributed by atoms with Crippen LogP contribution in [0.5, 0.6) is 0 Å². The molecule has 1 aliphatic rings. The number of hydrogen-bond acceptors (Lipinski definition) is 5. The number of nitrogens with zero attached hydrogens (tertiary/aromatic N) is 3. The van der Waals surface area contributed by atoms with Gasteiger partial charge in [-0.05, 0) is 44.5 Å². The molecule has 0 spiro atoms. The second kappa shape index (κ2) is 4.86. The summed E-state index contributed by atoms with van der Waals surface area (Å²) in [6.07, 6.45) is 5.68. The summed E-state index contributed by atoms with van der Waals surface area (Å²) in [5, 5.41) is 7.41. The van der Waals surface area contributed by atoms with E-state index in [0.29, 0.717) is 11.7 Å². The normalized spacial score (nSPS) is 16.9. The van der Waals surface area contributed by atoms with Gasteiger partial charge in [0.05, 0.1) is 0 Å². The lowest BCUT2D eigenvalue weighted by Crippen LogP contribution is -2.26. The van der Waals surface area contributed by atoms with Crippen molar-refractivity contribution in [2.24, 2.45) is 0 Å². The number of hydrogen-bond donors (Lipinski definition) is 1. The first-order valence-corrected chi connectivity index (χ1v) is 6.30. The predicted octanol–water partition coefficient (Wildman–Crippen LogP) is 1.91. The molecule has 0 amide bonds. The van der Waals surface area contributed by atoms with Crippen LogP contribution >= 0.6 is 0 Å². The number of rotatable bonds is 2. The largest absolute Gasteiger partial charge is 0.339 e. The molecule has 0 unspecified atom stereocenters. The molecule has 1 fully saturated rings. The Hall–Kier alpha value is -1.75. The highest BCUT2D eigenvalue weighted by atomic mass is 16.5. The van der Waals surface area contributed by atoms with E-state index in [4.69, 9.17) is 4.52 Å². The van der Waals surface area contributed by atoms with Crippen molar-refractivity contribution in [2.75, 3.05) is 13.1 Å². The summed E-state index contributed by atoms with van der Waals surface area (Å²) in [7, 11) is 0. The van der Waals surface area contributed by atoms with Gasteiger partial charge < -0.3 is 9.84 Å². The molecule has 1 N–H and O–H groups in total. The van der Waals surface area contributed by atoms with E-state index >= 15 is 0 Å². The summed E-state index contributed by atoms with van der Waals surface area (Å²) in [6, 6.07) is 1.95. The second-order valence-electron chi connectivity index (χ2n) is 4.67. The Balaban J connectivity index is 1.87. The first-order valence-electron chi connectivity index (χ1n) is 6.30. The Morgan fingerprint density at radius 2 is 2.17 bits per heavy atom. The van der Waals surface area contributed by atoms with Crippen molar-refractivity contribution in [3.05, 3.63) is 29.9 Å². The third-order valence-electron chi connectivity index (χ3n) is 3.41. The van der Waals surface area contributed by atoms with Gasteiger partial charge in [-0.3, -0.25) is 4.98 Å². The molecule has 18 heavy (non-hydrogen) atoms. The second-order valence-corrected chi connectivity index (χ2v) is 4.67. The van der Waals surface area contributed by atoms with Crippen LogP contribution in [0.4, 0.5) is 0 Å². The molecule has 0 radical (unpaired) electrons. The average Bonchev–Trinajstić information content (AvgIpc) is 2.90. The molecule has 5 heteroatoms. The van der Waals surface area contributed by atoms with E-state index in [1.807, 2.05) is 13.0 Å². The predicted molar refractivity (Wildman–Crippen MR) is 67.1 cm³/mol. The lowest BCUT2D eigenvalue weighted by molar-refractivity contribution is 0.320. The van der Waals surface area contributed by atoms with Crippen molar-refractivity contribution < 1.29 is 4.52 Å². The molecule has 0 aliphatic carbocycles. The van der Waals surface area contributed by atoms with Gasteiger partial charge in [-0.15, -0.1) is 0 Å². The number of aromatic nitrogens is 3. The summed E-state index contributed by atoms with van der Waals surface area (Å²) in [4.78, 5) is 8.63. The van der Waals surface area contributed by atoms with Crippen LogP contribution in [-0.4, -0.2) is 28.2 Å². The van der Waals surface area contributed by atoms with Crippen LogP contribution in [0.15, 0.2) is 23.0 Å². The van der Waals surface area contributed by atoms with Gasteiger partial charge in [-0.25, -0.2) is 0 Å². The fraction of sp³-hybridized carbons (Fsp3) is 0.462. The summed E-state index contributed by atoms with van der Waals surface area (Å²) in [6.45, 7) is 4.07.